The molecule has 1 rings (SSSR count). The van der Waals surface area contributed by atoms with Crippen LogP contribution in [-0.2, 0) is 75.7 Å². The van der Waals surface area contributed by atoms with E-state index in [-0.39, 0.29) is 83.2 Å². The molecular weight excluding hydrogens is 541 g/mol. The Kier molecular flexibility index (Phi) is 23.0. The summed E-state index contributed by atoms with van der Waals surface area (Å²) in [6.07, 6.45) is 5.44. The fourth-order valence-corrected chi connectivity index (χ4v) is 2.27. The molecule has 0 saturated carbocycles. The molecule has 0 aromatic carbocycles. The average Bonchev–Trinajstić information content (AvgIpc) is 2.77. The van der Waals surface area contributed by atoms with Crippen molar-refractivity contribution in [2.24, 2.45) is 0 Å². The van der Waals surface area contributed by atoms with Gasteiger partial charge >= 0.3 is 35.8 Å². The molecule has 0 aromatic heterocycles. The molecule has 0 amide bonds. The fourth-order valence-electron chi connectivity index (χ4n) is 2.27. The molecular formula is C23H32O11Y. The Balaban J connectivity index is -0.000000436. The van der Waals surface area contributed by atoms with Crippen molar-refractivity contribution >= 4 is 35.8 Å². The van der Waals surface area contributed by atoms with Crippen LogP contribution in [0.2, 0.25) is 0 Å². The summed E-state index contributed by atoms with van der Waals surface area (Å²) in [6, 6.07) is 0. The van der Waals surface area contributed by atoms with Gasteiger partial charge in [-0.05, 0) is 20.8 Å². The average molecular weight is 573 g/mol. The van der Waals surface area contributed by atoms with E-state index in [1.807, 2.05) is 0 Å². The van der Waals surface area contributed by atoms with Crippen molar-refractivity contribution in [1.82, 2.24) is 0 Å². The number of carboxylic acid groups (broad SMARTS) is 2. The van der Waals surface area contributed by atoms with Gasteiger partial charge in [0.1, 0.15) is 0 Å². The normalized spacial score (nSPS) is 11.4. The molecule has 1 aliphatic heterocycles. The minimum Gasteiger partial charge on any atom is -0.481 e. The van der Waals surface area contributed by atoms with E-state index < -0.39 is 23.9 Å². The van der Waals surface area contributed by atoms with Crippen LogP contribution in [0, 0.1) is 0 Å². The molecule has 11 nitrogen and oxygen atoms in total. The van der Waals surface area contributed by atoms with E-state index in [1.54, 1.807) is 32.9 Å². The van der Waals surface area contributed by atoms with Crippen molar-refractivity contribution < 1.29 is 85.9 Å². The number of carbonyl (C=O) groups is 6. The third kappa shape index (κ3) is 21.6. The number of esters is 4. The zero-order valence-electron chi connectivity index (χ0n) is 20.6. The standard InChI is InChI=1S/C9H14O4.C7H10O4.C7H8O3.Y/c1-4-7(5-8(10)12-2)6-9(11)13-3;1-2-5(3-6(8)9)4-7(10)11;1-2-5-3-6(8)10-7(9)4-5;/h4H,5-6H2,1-3H3;2H,3-4H2,1H3,(H,8,9)(H,10,11);2H,3-4H2,1H3;. The molecule has 1 aliphatic rings. The molecule has 35 heavy (non-hydrogen) atoms. The molecule has 1 heterocycles. The summed E-state index contributed by atoms with van der Waals surface area (Å²) in [5.74, 6) is -3.58. The van der Waals surface area contributed by atoms with Gasteiger partial charge in [0, 0.05) is 32.7 Å². The van der Waals surface area contributed by atoms with Crippen molar-refractivity contribution in [2.75, 3.05) is 14.2 Å². The van der Waals surface area contributed by atoms with Crippen LogP contribution in [0.1, 0.15) is 59.3 Å². The topological polar surface area (TPSA) is 171 Å². The molecule has 2 N–H and O–H groups in total. The predicted molar refractivity (Wildman–Crippen MR) is 119 cm³/mol. The van der Waals surface area contributed by atoms with Crippen molar-refractivity contribution in [3.8, 4) is 0 Å². The molecule has 12 heteroatoms. The number of hydrogen-bond donors (Lipinski definition) is 2. The van der Waals surface area contributed by atoms with Crippen molar-refractivity contribution in [2.45, 2.75) is 59.3 Å². The van der Waals surface area contributed by atoms with Crippen LogP contribution in [0.25, 0.3) is 0 Å². The van der Waals surface area contributed by atoms with Crippen LogP contribution in [0.5, 0.6) is 0 Å². The molecule has 0 bridgehead atoms. The maximum absolute atomic E-state index is 10.8. The van der Waals surface area contributed by atoms with E-state index in [0.29, 0.717) is 11.1 Å². The van der Waals surface area contributed by atoms with Gasteiger partial charge in [-0.3, -0.25) is 28.8 Å². The number of aliphatic carboxylic acids is 2. The largest absolute Gasteiger partial charge is 0.481 e. The number of carboxylic acids is 2. The van der Waals surface area contributed by atoms with Crippen LogP contribution in [-0.4, -0.2) is 60.2 Å². The second-order valence-electron chi connectivity index (χ2n) is 6.69. The van der Waals surface area contributed by atoms with Crippen LogP contribution in [0.3, 0.4) is 0 Å². The molecule has 1 saturated heterocycles. The van der Waals surface area contributed by atoms with Crippen molar-refractivity contribution in [3.05, 3.63) is 34.9 Å². The summed E-state index contributed by atoms with van der Waals surface area (Å²) in [4.78, 5) is 63.0. The van der Waals surface area contributed by atoms with Gasteiger partial charge in [0.25, 0.3) is 0 Å². The molecule has 0 aromatic rings. The first-order valence-corrected chi connectivity index (χ1v) is 10.1. The first kappa shape index (κ1) is 36.9. The molecule has 193 valence electrons. The minimum absolute atomic E-state index is 0. The fraction of sp³-hybridized carbons (Fsp3) is 0.478. The number of allylic oxidation sites excluding steroid dienone is 3. The second-order valence-corrected chi connectivity index (χ2v) is 6.69. The second kappa shape index (κ2) is 21.8. The van der Waals surface area contributed by atoms with Gasteiger partial charge in [0.15, 0.2) is 0 Å². The summed E-state index contributed by atoms with van der Waals surface area (Å²) in [6.45, 7) is 5.20. The number of rotatable bonds is 8. The van der Waals surface area contributed by atoms with Gasteiger partial charge in [-0.15, -0.1) is 0 Å². The number of hydrogen-bond acceptors (Lipinski definition) is 9. The Labute approximate surface area is 229 Å². The first-order valence-electron chi connectivity index (χ1n) is 10.1. The summed E-state index contributed by atoms with van der Waals surface area (Å²) < 4.78 is 13.2. The summed E-state index contributed by atoms with van der Waals surface area (Å²) in [5.41, 5.74) is 1.98. The van der Waals surface area contributed by atoms with E-state index in [0.717, 1.165) is 5.57 Å². The number of carbonyl (C=O) groups excluding carboxylic acids is 4. The smallest absolute Gasteiger partial charge is 0.317 e. The van der Waals surface area contributed by atoms with Gasteiger partial charge in [-0.1, -0.05) is 34.9 Å². The molecule has 0 atom stereocenters. The van der Waals surface area contributed by atoms with E-state index >= 15 is 0 Å². The van der Waals surface area contributed by atoms with Crippen molar-refractivity contribution in [3.63, 3.8) is 0 Å². The SMILES string of the molecule is CC=C(CC(=O)O)CC(=O)O.CC=C(CC(=O)OC)CC(=O)OC.CC=C1CC(=O)OC(=O)C1.[Y]. The quantitative estimate of drug-likeness (QED) is 0.189. The van der Waals surface area contributed by atoms with Crippen LogP contribution in [0.15, 0.2) is 34.9 Å². The third-order valence-electron chi connectivity index (χ3n) is 4.15. The maximum Gasteiger partial charge on any atom is 0.317 e. The van der Waals surface area contributed by atoms with Crippen LogP contribution < -0.4 is 0 Å². The Bertz CT molecular complexity index is 782. The molecule has 0 unspecified atom stereocenters. The Morgan fingerprint density at radius 2 is 1.11 bits per heavy atom. The summed E-state index contributed by atoms with van der Waals surface area (Å²) in [7, 11) is 2.63. The summed E-state index contributed by atoms with van der Waals surface area (Å²) >= 11 is 0. The van der Waals surface area contributed by atoms with Gasteiger partial charge in [-0.2, -0.15) is 0 Å². The van der Waals surface area contributed by atoms with E-state index in [2.05, 4.69) is 14.2 Å². The zero-order chi connectivity index (χ0) is 26.7. The Morgan fingerprint density at radius 1 is 0.771 bits per heavy atom. The number of ether oxygens (including phenoxy) is 3. The first-order chi connectivity index (χ1) is 15.9. The number of methoxy groups -OCH3 is 2. The Morgan fingerprint density at radius 3 is 1.37 bits per heavy atom. The molecule has 1 radical (unpaired) electrons. The summed E-state index contributed by atoms with van der Waals surface area (Å²) in [5, 5.41) is 16.6. The van der Waals surface area contributed by atoms with Gasteiger partial charge < -0.3 is 24.4 Å². The van der Waals surface area contributed by atoms with Crippen LogP contribution >= 0.6 is 0 Å². The molecule has 0 aliphatic carbocycles. The van der Waals surface area contributed by atoms with E-state index in [4.69, 9.17) is 10.2 Å². The Hall–Kier alpha value is -2.66. The third-order valence-corrected chi connectivity index (χ3v) is 4.15. The monoisotopic (exact) mass is 573 g/mol. The maximum atomic E-state index is 10.8. The van der Waals surface area contributed by atoms with Gasteiger partial charge in [0.2, 0.25) is 0 Å². The zero-order valence-corrected chi connectivity index (χ0v) is 23.5. The molecule has 1 fully saturated rings. The predicted octanol–water partition coefficient (Wildman–Crippen LogP) is 2.73. The van der Waals surface area contributed by atoms with Crippen molar-refractivity contribution in [1.29, 1.82) is 0 Å². The molecule has 0 spiro atoms. The van der Waals surface area contributed by atoms with E-state index in [9.17, 15) is 28.8 Å². The van der Waals surface area contributed by atoms with E-state index in [1.165, 1.54) is 20.3 Å². The van der Waals surface area contributed by atoms with Crippen LogP contribution in [0.4, 0.5) is 0 Å². The number of cyclic esters (lactones) is 2. The van der Waals surface area contributed by atoms with Gasteiger partial charge in [-0.25, -0.2) is 0 Å². The minimum atomic E-state index is -1.00. The van der Waals surface area contributed by atoms with Gasteiger partial charge in [0.05, 0.1) is 52.7 Å².